The van der Waals surface area contributed by atoms with Crippen LogP contribution in [0.2, 0.25) is 0 Å². The molecule has 0 aromatic heterocycles. The molecule has 7 nitrogen and oxygen atoms in total. The van der Waals surface area contributed by atoms with E-state index in [2.05, 4.69) is 27.8 Å². The fraction of sp³-hybridized carbons (Fsp3) is 0.476. The molecule has 4 amide bonds. The average Bonchev–Trinajstić information content (AvgIpc) is 2.96. The second-order valence-corrected chi connectivity index (χ2v) is 7.44. The molecule has 1 aromatic rings. The number of halogens is 1. The van der Waals surface area contributed by atoms with Crippen molar-refractivity contribution < 1.29 is 19.1 Å². The number of carbonyl (C=O) groups excluding carboxylic acids is 3. The van der Waals surface area contributed by atoms with Crippen molar-refractivity contribution in [3.8, 4) is 11.8 Å². The van der Waals surface area contributed by atoms with Gasteiger partial charge in [0.2, 0.25) is 5.91 Å². The third-order valence-electron chi connectivity index (χ3n) is 4.26. The Balaban J connectivity index is 1.83. The maximum Gasteiger partial charge on any atom is 0.332 e. The second-order valence-electron chi connectivity index (χ2n) is 6.65. The number of hydrogen-bond donors (Lipinski definition) is 1. The lowest BCUT2D eigenvalue weighted by atomic mass is 10.2. The topological polar surface area (TPSA) is 92.9 Å². The van der Waals surface area contributed by atoms with E-state index in [0.717, 1.165) is 28.2 Å². The van der Waals surface area contributed by atoms with Gasteiger partial charge in [-0.3, -0.25) is 9.59 Å². The van der Waals surface area contributed by atoms with E-state index in [0.29, 0.717) is 24.3 Å². The van der Waals surface area contributed by atoms with Gasteiger partial charge >= 0.3 is 6.03 Å². The van der Waals surface area contributed by atoms with Crippen molar-refractivity contribution in [3.05, 3.63) is 29.8 Å². The van der Waals surface area contributed by atoms with Crippen molar-refractivity contribution >= 4 is 39.5 Å². The van der Waals surface area contributed by atoms with Gasteiger partial charge in [0.05, 0.1) is 12.3 Å². The Hall–Kier alpha value is -2.37. The lowest BCUT2D eigenvalue weighted by Crippen LogP contribution is -2.37. The van der Waals surface area contributed by atoms with E-state index in [1.165, 1.54) is 19.3 Å². The minimum Gasteiger partial charge on any atom is -0.380 e. The summed E-state index contributed by atoms with van der Waals surface area (Å²) in [6.45, 7) is 0.888. The smallest absolute Gasteiger partial charge is 0.332 e. The maximum atomic E-state index is 12.4. The molecule has 2 N–H and O–H groups in total. The van der Waals surface area contributed by atoms with Gasteiger partial charge < -0.3 is 15.4 Å². The number of nitrogens with zero attached hydrogens (tertiary/aromatic N) is 2. The van der Waals surface area contributed by atoms with Crippen molar-refractivity contribution in [2.75, 3.05) is 36.5 Å². The molecule has 0 bridgehead atoms. The molecule has 1 aliphatic heterocycles. The minimum atomic E-state index is -0.659. The van der Waals surface area contributed by atoms with Crippen LogP contribution in [0.25, 0.3) is 0 Å². The van der Waals surface area contributed by atoms with E-state index in [9.17, 15) is 14.4 Å². The van der Waals surface area contributed by atoms with Crippen LogP contribution >= 0.6 is 15.9 Å². The highest BCUT2D eigenvalue weighted by Crippen LogP contribution is 2.22. The zero-order valence-corrected chi connectivity index (χ0v) is 17.9. The van der Waals surface area contributed by atoms with Crippen LogP contribution in [-0.2, 0) is 14.3 Å². The Bertz CT molecular complexity index is 788. The first-order valence-electron chi connectivity index (χ1n) is 9.65. The Morgan fingerprint density at radius 3 is 2.72 bits per heavy atom. The zero-order valence-electron chi connectivity index (χ0n) is 16.4. The van der Waals surface area contributed by atoms with Crippen molar-refractivity contribution in [2.24, 2.45) is 5.73 Å². The molecule has 1 fully saturated rings. The fourth-order valence-electron chi connectivity index (χ4n) is 2.88. The molecule has 0 saturated carbocycles. The number of anilines is 1. The molecular weight excluding hydrogens is 438 g/mol. The quantitative estimate of drug-likeness (QED) is 0.236. The molecule has 0 spiro atoms. The number of alkyl halides is 1. The number of amides is 4. The molecule has 2 rings (SSSR count). The van der Waals surface area contributed by atoms with E-state index in [-0.39, 0.29) is 13.1 Å². The third kappa shape index (κ3) is 7.52. The summed E-state index contributed by atoms with van der Waals surface area (Å²) in [5, 5.41) is 1.05. The number of urea groups is 1. The molecule has 0 atom stereocenters. The minimum absolute atomic E-state index is 0.162. The molecule has 0 unspecified atom stereocenters. The van der Waals surface area contributed by atoms with Crippen molar-refractivity contribution in [3.63, 3.8) is 0 Å². The van der Waals surface area contributed by atoms with Gasteiger partial charge in [0.1, 0.15) is 13.1 Å². The number of benzene rings is 1. The molecular formula is C21H26BrN3O4. The highest BCUT2D eigenvalue weighted by atomic mass is 79.9. The van der Waals surface area contributed by atoms with Crippen LogP contribution in [0.3, 0.4) is 0 Å². The van der Waals surface area contributed by atoms with Crippen LogP contribution in [0, 0.1) is 11.8 Å². The van der Waals surface area contributed by atoms with E-state index in [1.54, 1.807) is 18.2 Å². The predicted octanol–water partition coefficient (Wildman–Crippen LogP) is 2.65. The van der Waals surface area contributed by atoms with E-state index < -0.39 is 17.8 Å². The molecule has 0 aliphatic carbocycles. The summed E-state index contributed by atoms with van der Waals surface area (Å²) in [7, 11) is 0. The Kier molecular flexibility index (Phi) is 9.68. The summed E-state index contributed by atoms with van der Waals surface area (Å²) >= 11 is 3.42. The number of carbonyl (C=O) groups is 3. The van der Waals surface area contributed by atoms with Crippen LogP contribution in [0.15, 0.2) is 24.3 Å². The zero-order chi connectivity index (χ0) is 21.1. The summed E-state index contributed by atoms with van der Waals surface area (Å²) in [4.78, 5) is 37.8. The lowest BCUT2D eigenvalue weighted by molar-refractivity contribution is -0.119. The largest absolute Gasteiger partial charge is 0.380 e. The van der Waals surface area contributed by atoms with Crippen LogP contribution in [0.4, 0.5) is 10.5 Å². The van der Waals surface area contributed by atoms with Gasteiger partial charge in [0.25, 0.3) is 5.91 Å². The normalized spacial score (nSPS) is 13.6. The van der Waals surface area contributed by atoms with E-state index in [1.807, 2.05) is 6.07 Å². The summed E-state index contributed by atoms with van der Waals surface area (Å²) in [5.74, 6) is 5.02. The number of nitrogens with two attached hydrogens (primary N) is 1. The molecule has 156 valence electrons. The number of primary amides is 1. The number of ether oxygens (including phenoxy) is 1. The Morgan fingerprint density at radius 1 is 1.17 bits per heavy atom. The first-order valence-corrected chi connectivity index (χ1v) is 10.8. The molecule has 1 saturated heterocycles. The summed E-state index contributed by atoms with van der Waals surface area (Å²) in [6, 6.07) is 6.34. The average molecular weight is 464 g/mol. The number of hydrogen-bond acceptors (Lipinski definition) is 4. The Morgan fingerprint density at radius 2 is 1.97 bits per heavy atom. The summed E-state index contributed by atoms with van der Waals surface area (Å²) in [6.07, 6.45) is 5.26. The molecule has 29 heavy (non-hydrogen) atoms. The van der Waals surface area contributed by atoms with Gasteiger partial charge in [-0.1, -0.05) is 46.7 Å². The van der Waals surface area contributed by atoms with Gasteiger partial charge in [0, 0.05) is 23.9 Å². The van der Waals surface area contributed by atoms with Crippen molar-refractivity contribution in [1.82, 2.24) is 4.90 Å². The molecule has 8 heteroatoms. The summed E-state index contributed by atoms with van der Waals surface area (Å²) in [5.41, 5.74) is 6.25. The van der Waals surface area contributed by atoms with E-state index in [4.69, 9.17) is 10.5 Å². The standard InChI is InChI=1S/C21H26BrN3O4/c22-11-4-1-2-5-12-29-13-6-3-8-17-9-7-10-18(14-17)25-20(27)16-24(21(25)28)15-19(23)26/h7,9-10,14H,1-2,4-6,11-13,15-16H2,(H2,23,26). The van der Waals surface area contributed by atoms with Gasteiger partial charge in [-0.05, 0) is 31.0 Å². The Labute approximate surface area is 179 Å². The first-order chi connectivity index (χ1) is 14.0. The molecule has 1 aliphatic rings. The van der Waals surface area contributed by atoms with E-state index >= 15 is 0 Å². The van der Waals surface area contributed by atoms with Crippen molar-refractivity contribution in [2.45, 2.75) is 32.1 Å². The lowest BCUT2D eigenvalue weighted by Gasteiger charge is -2.16. The molecule has 0 radical (unpaired) electrons. The first kappa shape index (κ1) is 22.9. The van der Waals surface area contributed by atoms with Crippen molar-refractivity contribution in [1.29, 1.82) is 0 Å². The van der Waals surface area contributed by atoms with Gasteiger partial charge in [-0.25, -0.2) is 9.69 Å². The monoisotopic (exact) mass is 463 g/mol. The SMILES string of the molecule is NC(=O)CN1CC(=O)N(c2cccc(C#CCCOCCCCCCBr)c2)C1=O. The highest BCUT2D eigenvalue weighted by molar-refractivity contribution is 9.09. The maximum absolute atomic E-state index is 12.4. The van der Waals surface area contributed by atoms with Crippen LogP contribution < -0.4 is 10.6 Å². The summed E-state index contributed by atoms with van der Waals surface area (Å²) < 4.78 is 5.57. The van der Waals surface area contributed by atoms with Crippen LogP contribution in [0.5, 0.6) is 0 Å². The number of unbranched alkanes of at least 4 members (excludes halogenated alkanes) is 3. The van der Waals surface area contributed by atoms with Gasteiger partial charge in [-0.2, -0.15) is 0 Å². The van der Waals surface area contributed by atoms with Crippen LogP contribution in [0.1, 0.15) is 37.7 Å². The number of imide groups is 1. The van der Waals surface area contributed by atoms with Gasteiger partial charge in [0.15, 0.2) is 0 Å². The third-order valence-corrected chi connectivity index (χ3v) is 4.83. The number of rotatable bonds is 11. The molecule has 1 aromatic carbocycles. The highest BCUT2D eigenvalue weighted by Gasteiger charge is 2.37. The van der Waals surface area contributed by atoms with Crippen LogP contribution in [-0.4, -0.2) is 54.4 Å². The molecule has 1 heterocycles. The second kappa shape index (κ2) is 12.2. The predicted molar refractivity (Wildman–Crippen MR) is 115 cm³/mol. The van der Waals surface area contributed by atoms with Gasteiger partial charge in [-0.15, -0.1) is 0 Å². The fourth-order valence-corrected chi connectivity index (χ4v) is 3.28.